The van der Waals surface area contributed by atoms with E-state index in [1.54, 1.807) is 6.20 Å². The fourth-order valence-corrected chi connectivity index (χ4v) is 7.19. The third-order valence-electron chi connectivity index (χ3n) is 9.75. The second-order valence-corrected chi connectivity index (χ2v) is 11.9. The number of nitrogen functional groups attached to an aromatic ring is 1. The molecule has 0 radical (unpaired) electrons. The highest BCUT2D eigenvalue weighted by molar-refractivity contribution is 5.99. The van der Waals surface area contributed by atoms with Crippen molar-refractivity contribution in [2.75, 3.05) is 18.8 Å². The summed E-state index contributed by atoms with van der Waals surface area (Å²) in [6, 6.07) is 10.7. The number of carbonyl (C=O) groups is 1. The van der Waals surface area contributed by atoms with Crippen LogP contribution in [0.15, 0.2) is 36.5 Å². The molecule has 4 saturated carbocycles. The van der Waals surface area contributed by atoms with E-state index in [4.69, 9.17) is 10.5 Å². The largest absolute Gasteiger partial charge is 0.390 e. The number of piperidine rings is 1. The van der Waals surface area contributed by atoms with Gasteiger partial charge in [-0.1, -0.05) is 24.3 Å². The second-order valence-electron chi connectivity index (χ2n) is 11.9. The maximum absolute atomic E-state index is 13.3. The van der Waals surface area contributed by atoms with Gasteiger partial charge in [0.05, 0.1) is 17.3 Å². The average Bonchev–Trinajstić information content (AvgIpc) is 3.75. The smallest absolute Gasteiger partial charge is 0.255 e. The van der Waals surface area contributed by atoms with Crippen LogP contribution in [0.5, 0.6) is 0 Å². The number of epoxide rings is 1. The molecule has 4 aliphatic carbocycles. The number of nitrogens with one attached hydrogen (secondary N) is 1. The van der Waals surface area contributed by atoms with Crippen molar-refractivity contribution in [2.45, 2.75) is 80.8 Å². The predicted molar refractivity (Wildman–Crippen MR) is 133 cm³/mol. The fraction of sp³-hybridized carbons (Fsp3) is 0.571. The zero-order valence-electron chi connectivity index (χ0n) is 20.3. The van der Waals surface area contributed by atoms with Gasteiger partial charge in [0, 0.05) is 35.8 Å². The lowest BCUT2D eigenvalue weighted by Crippen LogP contribution is -2.58. The summed E-state index contributed by atoms with van der Waals surface area (Å²) in [5.74, 6) is 0.820. The fourth-order valence-electron chi connectivity index (χ4n) is 7.19. The molecular formula is C28H34N4O3. The Morgan fingerprint density at radius 2 is 1.83 bits per heavy atom. The molecule has 2 aliphatic heterocycles. The van der Waals surface area contributed by atoms with Crippen LogP contribution in [0.1, 0.15) is 67.8 Å². The van der Waals surface area contributed by atoms with Crippen molar-refractivity contribution >= 4 is 11.7 Å². The number of rotatable bonds is 5. The molecule has 8 rings (SSSR count). The quantitative estimate of drug-likeness (QED) is 0.575. The number of carbonyl (C=O) groups excluding carboxylic acids is 1. The first kappa shape index (κ1) is 21.8. The minimum absolute atomic E-state index is 0.164. The Balaban J connectivity index is 1.08. The lowest BCUT2D eigenvalue weighted by atomic mass is 9.63. The molecular weight excluding hydrogens is 440 g/mol. The van der Waals surface area contributed by atoms with Crippen molar-refractivity contribution in [1.29, 1.82) is 0 Å². The molecule has 35 heavy (non-hydrogen) atoms. The number of aromatic nitrogens is 1. The highest BCUT2D eigenvalue weighted by atomic mass is 16.6. The Bertz CT molecular complexity index is 1170. The standard InChI is InChI=1S/C28H34N4O3/c1-17-25(35-17)32-15-21-13-28(21,16-32)20-4-2-18(3-5-20)19-12-22(23(29)30-14-19)24(33)31-26-6-9-27(34,10-7-26)11-8-26/h2-5,12,14,17,21,25,34H,6-11,13,15-16H2,1H3,(H2,29,30)(H,31,33). The Kier molecular flexibility index (Phi) is 4.53. The lowest BCUT2D eigenvalue weighted by Gasteiger charge is -2.51. The van der Waals surface area contributed by atoms with E-state index in [1.807, 2.05) is 6.07 Å². The molecule has 4 unspecified atom stereocenters. The molecule has 6 aliphatic rings. The number of nitrogens with zero attached hydrogens (tertiary/aromatic N) is 2. The van der Waals surface area contributed by atoms with Gasteiger partial charge in [0.15, 0.2) is 0 Å². The molecule has 7 nitrogen and oxygen atoms in total. The summed E-state index contributed by atoms with van der Waals surface area (Å²) in [4.78, 5) is 20.1. The normalized spacial score (nSPS) is 39.3. The van der Waals surface area contributed by atoms with E-state index in [-0.39, 0.29) is 22.7 Å². The summed E-state index contributed by atoms with van der Waals surface area (Å²) in [5.41, 5.74) is 9.43. The van der Waals surface area contributed by atoms with Crippen LogP contribution in [-0.2, 0) is 10.2 Å². The second kappa shape index (κ2) is 7.28. The number of pyridine rings is 1. The monoisotopic (exact) mass is 474 g/mol. The van der Waals surface area contributed by atoms with Crippen molar-refractivity contribution in [3.8, 4) is 11.1 Å². The minimum Gasteiger partial charge on any atom is -0.390 e. The first-order valence-corrected chi connectivity index (χ1v) is 13.1. The Labute approximate surface area is 206 Å². The van der Waals surface area contributed by atoms with E-state index in [9.17, 15) is 9.90 Å². The summed E-state index contributed by atoms with van der Waals surface area (Å²) >= 11 is 0. The van der Waals surface area contributed by atoms with Crippen LogP contribution in [0.3, 0.4) is 0 Å². The van der Waals surface area contributed by atoms with E-state index in [2.05, 4.69) is 46.4 Å². The van der Waals surface area contributed by atoms with E-state index < -0.39 is 5.60 Å². The van der Waals surface area contributed by atoms with Crippen molar-refractivity contribution < 1.29 is 14.6 Å². The maximum atomic E-state index is 13.3. The van der Waals surface area contributed by atoms with Crippen molar-refractivity contribution in [1.82, 2.24) is 15.2 Å². The van der Waals surface area contributed by atoms with Crippen LogP contribution in [0.25, 0.3) is 11.1 Å². The van der Waals surface area contributed by atoms with Crippen LogP contribution in [-0.4, -0.2) is 57.5 Å². The summed E-state index contributed by atoms with van der Waals surface area (Å²) in [6.45, 7) is 4.37. The van der Waals surface area contributed by atoms with Crippen molar-refractivity contribution in [3.05, 3.63) is 47.7 Å². The molecule has 1 aromatic carbocycles. The molecule has 2 bridgehead atoms. The maximum Gasteiger partial charge on any atom is 0.255 e. The Morgan fingerprint density at radius 3 is 2.49 bits per heavy atom. The summed E-state index contributed by atoms with van der Waals surface area (Å²) in [6.07, 6.45) is 8.40. The van der Waals surface area contributed by atoms with Crippen LogP contribution in [0.4, 0.5) is 5.82 Å². The number of ether oxygens (including phenoxy) is 1. The minimum atomic E-state index is -0.528. The Hall–Kier alpha value is -2.48. The molecule has 3 heterocycles. The Morgan fingerprint density at radius 1 is 1.14 bits per heavy atom. The highest BCUT2D eigenvalue weighted by Gasteiger charge is 2.63. The van der Waals surface area contributed by atoms with Gasteiger partial charge in [-0.25, -0.2) is 4.98 Å². The van der Waals surface area contributed by atoms with Crippen LogP contribution in [0.2, 0.25) is 0 Å². The summed E-state index contributed by atoms with van der Waals surface area (Å²) < 4.78 is 5.70. The average molecular weight is 475 g/mol. The topological polar surface area (TPSA) is 104 Å². The molecule has 0 spiro atoms. The number of fused-ring (bicyclic) bond motifs is 4. The number of anilines is 1. The molecule has 2 saturated heterocycles. The molecule has 4 N–H and O–H groups in total. The lowest BCUT2D eigenvalue weighted by molar-refractivity contribution is -0.0702. The van der Waals surface area contributed by atoms with Gasteiger partial charge >= 0.3 is 0 Å². The van der Waals surface area contributed by atoms with Gasteiger partial charge in [0.2, 0.25) is 0 Å². The first-order chi connectivity index (χ1) is 16.8. The van der Waals surface area contributed by atoms with Crippen LogP contribution < -0.4 is 11.1 Å². The van der Waals surface area contributed by atoms with Gasteiger partial charge in [-0.05, 0) is 75.0 Å². The van der Waals surface area contributed by atoms with Crippen molar-refractivity contribution in [2.24, 2.45) is 5.92 Å². The van der Waals surface area contributed by atoms with Gasteiger partial charge in [-0.3, -0.25) is 9.69 Å². The summed E-state index contributed by atoms with van der Waals surface area (Å²) in [7, 11) is 0. The number of hydrogen-bond donors (Lipinski definition) is 3. The van der Waals surface area contributed by atoms with E-state index >= 15 is 0 Å². The number of aliphatic hydroxyl groups is 1. The van der Waals surface area contributed by atoms with Crippen molar-refractivity contribution in [3.63, 3.8) is 0 Å². The van der Waals surface area contributed by atoms with Crippen LogP contribution in [0, 0.1) is 5.92 Å². The molecule has 184 valence electrons. The number of nitrogens with two attached hydrogens (primary N) is 1. The number of hydrogen-bond acceptors (Lipinski definition) is 6. The number of amides is 1. The zero-order chi connectivity index (χ0) is 24.0. The molecule has 6 fully saturated rings. The van der Waals surface area contributed by atoms with Crippen LogP contribution >= 0.6 is 0 Å². The predicted octanol–water partition coefficient (Wildman–Crippen LogP) is 3.22. The SMILES string of the molecule is CC1OC1N1CC2CC2(c2ccc(-c3cnc(N)c(C(=O)NC45CCC(O)(CC4)CC5)c3)cc2)C1. The van der Waals surface area contributed by atoms with Gasteiger partial charge in [0.25, 0.3) is 5.91 Å². The summed E-state index contributed by atoms with van der Waals surface area (Å²) in [5, 5.41) is 13.8. The molecule has 2 aromatic rings. The van der Waals surface area contributed by atoms with E-state index in [0.717, 1.165) is 68.7 Å². The molecule has 1 aromatic heterocycles. The third-order valence-corrected chi connectivity index (χ3v) is 9.75. The van der Waals surface area contributed by atoms with Gasteiger partial charge in [-0.15, -0.1) is 0 Å². The molecule has 7 heteroatoms. The molecule has 4 atom stereocenters. The third kappa shape index (κ3) is 3.51. The van der Waals surface area contributed by atoms with Gasteiger partial charge in [0.1, 0.15) is 12.0 Å². The zero-order valence-corrected chi connectivity index (χ0v) is 20.3. The van der Waals surface area contributed by atoms with Gasteiger partial charge < -0.3 is 20.9 Å². The van der Waals surface area contributed by atoms with Gasteiger partial charge in [-0.2, -0.15) is 0 Å². The van der Waals surface area contributed by atoms with E-state index in [0.29, 0.717) is 17.9 Å². The first-order valence-electron chi connectivity index (χ1n) is 13.1. The highest BCUT2D eigenvalue weighted by Crippen LogP contribution is 2.60. The number of benzene rings is 1. The van der Waals surface area contributed by atoms with E-state index in [1.165, 1.54) is 12.0 Å². The molecule has 1 amide bonds. The number of likely N-dealkylation sites (tertiary alicyclic amines) is 1.